The summed E-state index contributed by atoms with van der Waals surface area (Å²) in [6.07, 6.45) is 5.26. The van der Waals surface area contributed by atoms with Gasteiger partial charge in [0.05, 0.1) is 0 Å². The Balaban J connectivity index is 2.05. The van der Waals surface area contributed by atoms with Gasteiger partial charge >= 0.3 is 0 Å². The van der Waals surface area contributed by atoms with E-state index in [1.54, 1.807) is 6.07 Å². The lowest BCUT2D eigenvalue weighted by molar-refractivity contribution is 0.254. The Morgan fingerprint density at radius 2 is 2.00 bits per heavy atom. The number of phenolic OH excluding ortho intramolecular Hbond substituents is 1. The van der Waals surface area contributed by atoms with Gasteiger partial charge in [-0.25, -0.2) is 0 Å². The number of phenols is 1. The highest BCUT2D eigenvalue weighted by atomic mass is 16.3. The first-order valence-corrected chi connectivity index (χ1v) is 6.72. The molecule has 2 N–H and O–H groups in total. The molecule has 2 atom stereocenters. The average Bonchev–Trinajstić information content (AvgIpc) is 2.29. The van der Waals surface area contributed by atoms with Crippen LogP contribution in [-0.2, 0) is 0 Å². The molecule has 1 aliphatic rings. The molecule has 17 heavy (non-hydrogen) atoms. The van der Waals surface area contributed by atoms with E-state index in [0.29, 0.717) is 11.8 Å². The van der Waals surface area contributed by atoms with Gasteiger partial charge in [0.2, 0.25) is 0 Å². The Hall–Kier alpha value is -1.18. The second-order valence-electron chi connectivity index (χ2n) is 5.49. The lowest BCUT2D eigenvalue weighted by Gasteiger charge is -2.35. The predicted molar refractivity (Wildman–Crippen MR) is 72.3 cm³/mol. The lowest BCUT2D eigenvalue weighted by Crippen LogP contribution is -2.35. The number of rotatable bonds is 3. The summed E-state index contributed by atoms with van der Waals surface area (Å²) in [6, 6.07) is 8.01. The van der Waals surface area contributed by atoms with Crippen molar-refractivity contribution in [2.24, 2.45) is 11.8 Å². The first kappa shape index (κ1) is 12.3. The van der Waals surface area contributed by atoms with Gasteiger partial charge in [-0.05, 0) is 36.8 Å². The monoisotopic (exact) mass is 233 g/mol. The van der Waals surface area contributed by atoms with Gasteiger partial charge in [0.25, 0.3) is 0 Å². The Labute approximate surface area is 104 Å². The van der Waals surface area contributed by atoms with Crippen LogP contribution in [0.5, 0.6) is 5.75 Å². The zero-order chi connectivity index (χ0) is 12.3. The molecule has 0 heterocycles. The van der Waals surface area contributed by atoms with E-state index in [9.17, 15) is 5.11 Å². The van der Waals surface area contributed by atoms with E-state index in [-0.39, 0.29) is 0 Å². The van der Waals surface area contributed by atoms with Crippen molar-refractivity contribution >= 4 is 5.69 Å². The van der Waals surface area contributed by atoms with Crippen molar-refractivity contribution in [1.29, 1.82) is 0 Å². The van der Waals surface area contributed by atoms with E-state index in [2.05, 4.69) is 19.2 Å². The molecular formula is C15H23NO. The number of anilines is 1. The maximum atomic E-state index is 9.48. The van der Waals surface area contributed by atoms with Gasteiger partial charge in [-0.15, -0.1) is 0 Å². The highest BCUT2D eigenvalue weighted by Gasteiger charge is 2.27. The van der Waals surface area contributed by atoms with Crippen molar-refractivity contribution in [3.8, 4) is 5.75 Å². The standard InChI is InChI=1S/C15H23NO/c1-11(2)14-8-3-4-9-15(14)16-12-6-5-7-13(17)10-12/h5-7,10-11,14-17H,3-4,8-9H2,1-2H3. The number of nitrogens with one attached hydrogen (secondary N) is 1. The maximum absolute atomic E-state index is 9.48. The maximum Gasteiger partial charge on any atom is 0.117 e. The molecule has 1 fully saturated rings. The van der Waals surface area contributed by atoms with E-state index < -0.39 is 0 Å². The van der Waals surface area contributed by atoms with Crippen LogP contribution in [-0.4, -0.2) is 11.1 Å². The van der Waals surface area contributed by atoms with Crippen molar-refractivity contribution in [2.45, 2.75) is 45.6 Å². The molecule has 1 aromatic carbocycles. The number of hydrogen-bond donors (Lipinski definition) is 2. The summed E-state index contributed by atoms with van der Waals surface area (Å²) < 4.78 is 0. The van der Waals surface area contributed by atoms with E-state index in [4.69, 9.17) is 0 Å². The van der Waals surface area contributed by atoms with Gasteiger partial charge < -0.3 is 10.4 Å². The van der Waals surface area contributed by atoms with Crippen molar-refractivity contribution in [1.82, 2.24) is 0 Å². The third kappa shape index (κ3) is 3.15. The van der Waals surface area contributed by atoms with Gasteiger partial charge in [-0.2, -0.15) is 0 Å². The molecule has 2 nitrogen and oxygen atoms in total. The summed E-state index contributed by atoms with van der Waals surface area (Å²) in [5.41, 5.74) is 1.04. The zero-order valence-electron chi connectivity index (χ0n) is 10.8. The summed E-state index contributed by atoms with van der Waals surface area (Å²) in [4.78, 5) is 0. The molecule has 0 aliphatic heterocycles. The topological polar surface area (TPSA) is 32.3 Å². The number of hydrogen-bond acceptors (Lipinski definition) is 2. The Kier molecular flexibility index (Phi) is 3.93. The molecule has 0 saturated heterocycles. The van der Waals surface area contributed by atoms with E-state index >= 15 is 0 Å². The summed E-state index contributed by atoms with van der Waals surface area (Å²) >= 11 is 0. The average molecular weight is 233 g/mol. The minimum Gasteiger partial charge on any atom is -0.508 e. The third-order valence-corrected chi connectivity index (χ3v) is 3.87. The highest BCUT2D eigenvalue weighted by Crippen LogP contribution is 2.32. The van der Waals surface area contributed by atoms with Crippen LogP contribution in [0.4, 0.5) is 5.69 Å². The van der Waals surface area contributed by atoms with Crippen LogP contribution in [0.15, 0.2) is 24.3 Å². The molecule has 1 saturated carbocycles. The van der Waals surface area contributed by atoms with Crippen LogP contribution in [0, 0.1) is 11.8 Å². The Morgan fingerprint density at radius 1 is 1.24 bits per heavy atom. The molecular weight excluding hydrogens is 210 g/mol. The van der Waals surface area contributed by atoms with Crippen LogP contribution < -0.4 is 5.32 Å². The summed E-state index contributed by atoms with van der Waals surface area (Å²) in [5, 5.41) is 13.1. The van der Waals surface area contributed by atoms with Crippen molar-refractivity contribution in [3.05, 3.63) is 24.3 Å². The number of benzene rings is 1. The van der Waals surface area contributed by atoms with E-state index in [1.165, 1.54) is 25.7 Å². The summed E-state index contributed by atoms with van der Waals surface area (Å²) in [5.74, 6) is 1.82. The predicted octanol–water partition coefficient (Wildman–Crippen LogP) is 4.02. The minimum atomic E-state index is 0.340. The van der Waals surface area contributed by atoms with Crippen LogP contribution in [0.3, 0.4) is 0 Å². The van der Waals surface area contributed by atoms with Gasteiger partial charge in [-0.3, -0.25) is 0 Å². The molecule has 1 aromatic rings. The zero-order valence-corrected chi connectivity index (χ0v) is 10.8. The number of aromatic hydroxyl groups is 1. The molecule has 2 heteroatoms. The second-order valence-corrected chi connectivity index (χ2v) is 5.49. The molecule has 2 unspecified atom stereocenters. The van der Waals surface area contributed by atoms with Gasteiger partial charge in [0.1, 0.15) is 5.75 Å². The van der Waals surface area contributed by atoms with E-state index in [0.717, 1.165) is 17.5 Å². The summed E-state index contributed by atoms with van der Waals surface area (Å²) in [7, 11) is 0. The molecule has 0 aromatic heterocycles. The molecule has 1 aliphatic carbocycles. The molecule has 0 bridgehead atoms. The first-order valence-electron chi connectivity index (χ1n) is 6.72. The molecule has 94 valence electrons. The van der Waals surface area contributed by atoms with Crippen molar-refractivity contribution in [3.63, 3.8) is 0 Å². The second kappa shape index (κ2) is 5.44. The third-order valence-electron chi connectivity index (χ3n) is 3.87. The van der Waals surface area contributed by atoms with Gasteiger partial charge in [0, 0.05) is 17.8 Å². The molecule has 0 radical (unpaired) electrons. The SMILES string of the molecule is CC(C)C1CCCCC1Nc1cccc(O)c1. The Bertz CT molecular complexity index is 362. The smallest absolute Gasteiger partial charge is 0.117 e. The lowest BCUT2D eigenvalue weighted by atomic mass is 9.78. The molecule has 0 spiro atoms. The fourth-order valence-electron chi connectivity index (χ4n) is 2.95. The van der Waals surface area contributed by atoms with Gasteiger partial charge in [-0.1, -0.05) is 32.8 Å². The van der Waals surface area contributed by atoms with Gasteiger partial charge in [0.15, 0.2) is 0 Å². The fourth-order valence-corrected chi connectivity index (χ4v) is 2.95. The van der Waals surface area contributed by atoms with Crippen molar-refractivity contribution in [2.75, 3.05) is 5.32 Å². The molecule has 2 rings (SSSR count). The quantitative estimate of drug-likeness (QED) is 0.826. The van der Waals surface area contributed by atoms with E-state index in [1.807, 2.05) is 18.2 Å². The minimum absolute atomic E-state index is 0.340. The highest BCUT2D eigenvalue weighted by molar-refractivity contribution is 5.48. The van der Waals surface area contributed by atoms with Crippen LogP contribution in [0.1, 0.15) is 39.5 Å². The van der Waals surface area contributed by atoms with Crippen LogP contribution in [0.2, 0.25) is 0 Å². The molecule has 0 amide bonds. The Morgan fingerprint density at radius 3 is 2.71 bits per heavy atom. The van der Waals surface area contributed by atoms with Crippen LogP contribution in [0.25, 0.3) is 0 Å². The van der Waals surface area contributed by atoms with Crippen molar-refractivity contribution < 1.29 is 5.11 Å². The summed E-state index contributed by atoms with van der Waals surface area (Å²) in [6.45, 7) is 4.63. The fraction of sp³-hybridized carbons (Fsp3) is 0.600. The normalized spacial score (nSPS) is 24.9. The van der Waals surface area contributed by atoms with Crippen LogP contribution >= 0.6 is 0 Å². The largest absolute Gasteiger partial charge is 0.508 e. The first-order chi connectivity index (χ1) is 8.16.